The van der Waals surface area contributed by atoms with E-state index in [0.29, 0.717) is 13.0 Å². The quantitative estimate of drug-likeness (QED) is 0.718. The van der Waals surface area contributed by atoms with Crippen LogP contribution in [-0.4, -0.2) is 29.1 Å². The van der Waals surface area contributed by atoms with Crippen LogP contribution in [0.15, 0.2) is 0 Å². The van der Waals surface area contributed by atoms with E-state index in [1.165, 1.54) is 0 Å². The summed E-state index contributed by atoms with van der Waals surface area (Å²) in [5.41, 5.74) is 0. The molecule has 0 amide bonds. The SMILES string of the molecule is OC(C1CCCNC1)C(F)(F)Br. The highest BCUT2D eigenvalue weighted by Gasteiger charge is 2.40. The van der Waals surface area contributed by atoms with E-state index in [1.807, 2.05) is 0 Å². The number of piperidine rings is 1. The van der Waals surface area contributed by atoms with Crippen LogP contribution >= 0.6 is 15.9 Å². The summed E-state index contributed by atoms with van der Waals surface area (Å²) in [6.45, 7) is 1.33. The van der Waals surface area contributed by atoms with Gasteiger partial charge in [0.1, 0.15) is 6.10 Å². The van der Waals surface area contributed by atoms with Crippen molar-refractivity contribution < 1.29 is 13.9 Å². The molecule has 2 nitrogen and oxygen atoms in total. The van der Waals surface area contributed by atoms with Crippen molar-refractivity contribution in [3.63, 3.8) is 0 Å². The molecule has 0 saturated carbocycles. The molecule has 0 radical (unpaired) electrons. The maximum atomic E-state index is 12.5. The van der Waals surface area contributed by atoms with E-state index in [9.17, 15) is 13.9 Å². The van der Waals surface area contributed by atoms with Gasteiger partial charge in [-0.25, -0.2) is 0 Å². The van der Waals surface area contributed by atoms with Crippen LogP contribution in [0.25, 0.3) is 0 Å². The third-order valence-corrected chi connectivity index (χ3v) is 2.59. The average molecular weight is 244 g/mol. The minimum Gasteiger partial charge on any atom is -0.386 e. The molecule has 1 rings (SSSR count). The summed E-state index contributed by atoms with van der Waals surface area (Å²) in [7, 11) is 0. The van der Waals surface area contributed by atoms with Crippen LogP contribution in [0.3, 0.4) is 0 Å². The van der Waals surface area contributed by atoms with Gasteiger partial charge in [-0.1, -0.05) is 0 Å². The van der Waals surface area contributed by atoms with Crippen molar-refractivity contribution in [2.75, 3.05) is 13.1 Å². The normalized spacial score (nSPS) is 28.5. The molecule has 0 aromatic heterocycles. The van der Waals surface area contributed by atoms with Crippen LogP contribution in [0.2, 0.25) is 0 Å². The summed E-state index contributed by atoms with van der Waals surface area (Å²) in [4.78, 5) is -3.16. The Morgan fingerprint density at radius 2 is 2.25 bits per heavy atom. The van der Waals surface area contributed by atoms with Gasteiger partial charge in [-0.15, -0.1) is 0 Å². The molecule has 0 bridgehead atoms. The van der Waals surface area contributed by atoms with Gasteiger partial charge in [0.25, 0.3) is 0 Å². The van der Waals surface area contributed by atoms with Crippen molar-refractivity contribution in [1.82, 2.24) is 5.32 Å². The third-order valence-electron chi connectivity index (χ3n) is 2.12. The fourth-order valence-electron chi connectivity index (χ4n) is 1.42. The lowest BCUT2D eigenvalue weighted by Crippen LogP contribution is -2.43. The smallest absolute Gasteiger partial charge is 0.326 e. The van der Waals surface area contributed by atoms with E-state index in [2.05, 4.69) is 21.2 Å². The van der Waals surface area contributed by atoms with Gasteiger partial charge in [0.15, 0.2) is 0 Å². The number of hydrogen-bond donors (Lipinski definition) is 2. The van der Waals surface area contributed by atoms with Gasteiger partial charge in [-0.2, -0.15) is 8.78 Å². The lowest BCUT2D eigenvalue weighted by Gasteiger charge is -2.29. The van der Waals surface area contributed by atoms with Crippen molar-refractivity contribution in [3.05, 3.63) is 0 Å². The summed E-state index contributed by atoms with van der Waals surface area (Å²) in [6, 6.07) is 0. The lowest BCUT2D eigenvalue weighted by molar-refractivity contribution is -0.0636. The molecule has 2 N–H and O–H groups in total. The largest absolute Gasteiger partial charge is 0.386 e. The number of rotatable bonds is 2. The monoisotopic (exact) mass is 243 g/mol. The molecule has 1 aliphatic heterocycles. The van der Waals surface area contributed by atoms with Gasteiger partial charge in [-0.05, 0) is 35.3 Å². The first kappa shape index (κ1) is 10.3. The Kier molecular flexibility index (Phi) is 3.43. The van der Waals surface area contributed by atoms with Crippen molar-refractivity contribution in [1.29, 1.82) is 0 Å². The fraction of sp³-hybridized carbons (Fsp3) is 1.00. The standard InChI is InChI=1S/C7H12BrF2NO/c8-7(9,10)6(12)5-2-1-3-11-4-5/h5-6,11-12H,1-4H2. The average Bonchev–Trinajstić information content (AvgIpc) is 2.03. The Morgan fingerprint density at radius 1 is 1.58 bits per heavy atom. The second kappa shape index (κ2) is 3.98. The van der Waals surface area contributed by atoms with Gasteiger partial charge in [0.05, 0.1) is 0 Å². The highest BCUT2D eigenvalue weighted by molar-refractivity contribution is 9.10. The maximum absolute atomic E-state index is 12.5. The molecule has 1 fully saturated rings. The number of alkyl halides is 3. The fourth-order valence-corrected chi connectivity index (χ4v) is 1.79. The molecule has 2 unspecified atom stereocenters. The van der Waals surface area contributed by atoms with Crippen LogP contribution in [-0.2, 0) is 0 Å². The summed E-state index contributed by atoms with van der Waals surface area (Å²) in [6.07, 6.45) is -0.0644. The summed E-state index contributed by atoms with van der Waals surface area (Å²) >= 11 is 2.17. The summed E-state index contributed by atoms with van der Waals surface area (Å²) in [5, 5.41) is 12.1. The third kappa shape index (κ3) is 2.64. The molecule has 0 aromatic carbocycles. The van der Waals surface area contributed by atoms with Crippen LogP contribution in [0.1, 0.15) is 12.8 Å². The van der Waals surface area contributed by atoms with Gasteiger partial charge in [-0.3, -0.25) is 0 Å². The summed E-state index contributed by atoms with van der Waals surface area (Å²) < 4.78 is 25.1. The van der Waals surface area contributed by atoms with E-state index in [1.54, 1.807) is 0 Å². The molecule has 1 aliphatic rings. The van der Waals surface area contributed by atoms with Gasteiger partial charge in [0.2, 0.25) is 0 Å². The first-order valence-corrected chi connectivity index (χ1v) is 4.76. The molecule has 0 spiro atoms. The number of aliphatic hydroxyl groups excluding tert-OH is 1. The number of nitrogens with one attached hydrogen (secondary N) is 1. The molecule has 5 heteroatoms. The molecule has 72 valence electrons. The Balaban J connectivity index is 2.45. The van der Waals surface area contributed by atoms with Crippen LogP contribution in [0.4, 0.5) is 8.78 Å². The minimum absolute atomic E-state index is 0.340. The van der Waals surface area contributed by atoms with Gasteiger partial charge < -0.3 is 10.4 Å². The van der Waals surface area contributed by atoms with Crippen molar-refractivity contribution in [2.24, 2.45) is 5.92 Å². The topological polar surface area (TPSA) is 32.3 Å². The number of aliphatic hydroxyl groups is 1. The van der Waals surface area contributed by atoms with E-state index in [0.717, 1.165) is 13.0 Å². The van der Waals surface area contributed by atoms with E-state index in [-0.39, 0.29) is 5.92 Å². The molecule has 12 heavy (non-hydrogen) atoms. The van der Waals surface area contributed by atoms with E-state index < -0.39 is 10.9 Å². The van der Waals surface area contributed by atoms with Crippen molar-refractivity contribution in [3.8, 4) is 0 Å². The van der Waals surface area contributed by atoms with E-state index >= 15 is 0 Å². The Morgan fingerprint density at radius 3 is 2.67 bits per heavy atom. The second-order valence-electron chi connectivity index (χ2n) is 3.09. The zero-order chi connectivity index (χ0) is 9.19. The van der Waals surface area contributed by atoms with Crippen LogP contribution < -0.4 is 5.32 Å². The highest BCUT2D eigenvalue weighted by Crippen LogP contribution is 2.32. The second-order valence-corrected chi connectivity index (χ2v) is 4.15. The Labute approximate surface area is 78.5 Å². The first-order valence-electron chi connectivity index (χ1n) is 3.97. The number of hydrogen-bond acceptors (Lipinski definition) is 2. The van der Waals surface area contributed by atoms with Crippen LogP contribution in [0, 0.1) is 5.92 Å². The predicted octanol–water partition coefficient (Wildman–Crippen LogP) is 1.33. The van der Waals surface area contributed by atoms with E-state index in [4.69, 9.17) is 0 Å². The molecule has 0 aromatic rings. The number of halogens is 3. The van der Waals surface area contributed by atoms with Crippen molar-refractivity contribution >= 4 is 15.9 Å². The highest BCUT2D eigenvalue weighted by atomic mass is 79.9. The summed E-state index contributed by atoms with van der Waals surface area (Å²) in [5.74, 6) is -0.340. The maximum Gasteiger partial charge on any atom is 0.326 e. The molecule has 1 saturated heterocycles. The lowest BCUT2D eigenvalue weighted by atomic mass is 9.94. The molecule has 0 aliphatic carbocycles. The Hall–Kier alpha value is 0.260. The van der Waals surface area contributed by atoms with Gasteiger partial charge in [0, 0.05) is 12.5 Å². The molecule has 2 atom stereocenters. The molecular formula is C7H12BrF2NO. The van der Waals surface area contributed by atoms with Crippen molar-refractivity contribution in [2.45, 2.75) is 23.8 Å². The molecular weight excluding hydrogens is 232 g/mol. The zero-order valence-corrected chi connectivity index (χ0v) is 8.15. The minimum atomic E-state index is -3.16. The van der Waals surface area contributed by atoms with Crippen LogP contribution in [0.5, 0.6) is 0 Å². The van der Waals surface area contributed by atoms with Gasteiger partial charge >= 0.3 is 4.83 Å². The molecule has 1 heterocycles. The zero-order valence-electron chi connectivity index (χ0n) is 6.56. The Bertz CT molecular complexity index is 145. The first-order chi connectivity index (χ1) is 5.52. The predicted molar refractivity (Wildman–Crippen MR) is 45.5 cm³/mol.